The van der Waals surface area contributed by atoms with Crippen molar-refractivity contribution in [1.82, 2.24) is 10.2 Å². The average Bonchev–Trinajstić information content (AvgIpc) is 2.38. The summed E-state index contributed by atoms with van der Waals surface area (Å²) in [6.45, 7) is 7.74. The molecule has 1 amide bonds. The summed E-state index contributed by atoms with van der Waals surface area (Å²) in [4.78, 5) is 14.4. The Hall–Kier alpha value is -1.35. The largest absolute Gasteiger partial charge is 0.339 e. The first-order valence-corrected chi connectivity index (χ1v) is 6.74. The first-order valence-electron chi connectivity index (χ1n) is 6.74. The topological polar surface area (TPSA) is 32.3 Å². The molecule has 3 heteroatoms. The molecule has 1 N–H and O–H groups in total. The Kier molecular flexibility index (Phi) is 4.02. The zero-order valence-corrected chi connectivity index (χ0v) is 11.4. The first kappa shape index (κ1) is 13.1. The van der Waals surface area contributed by atoms with Crippen LogP contribution in [-0.4, -0.2) is 29.4 Å². The molecule has 1 aliphatic rings. The number of hydrogen-bond acceptors (Lipinski definition) is 2. The van der Waals surface area contributed by atoms with E-state index >= 15 is 0 Å². The van der Waals surface area contributed by atoms with Gasteiger partial charge in [-0.05, 0) is 38.3 Å². The van der Waals surface area contributed by atoms with Crippen molar-refractivity contribution in [3.8, 4) is 0 Å². The number of fused-ring (bicyclic) bond motifs is 1. The summed E-state index contributed by atoms with van der Waals surface area (Å²) in [7, 11) is 0. The molecule has 1 atom stereocenters. The van der Waals surface area contributed by atoms with Crippen molar-refractivity contribution >= 4 is 5.91 Å². The van der Waals surface area contributed by atoms with Gasteiger partial charge in [-0.2, -0.15) is 0 Å². The van der Waals surface area contributed by atoms with Crippen LogP contribution in [0.3, 0.4) is 0 Å². The van der Waals surface area contributed by atoms with Gasteiger partial charge in [-0.25, -0.2) is 0 Å². The number of amides is 1. The van der Waals surface area contributed by atoms with Gasteiger partial charge in [0.1, 0.15) is 0 Å². The molecule has 1 aromatic rings. The van der Waals surface area contributed by atoms with Crippen LogP contribution in [0.5, 0.6) is 0 Å². The molecule has 1 heterocycles. The monoisotopic (exact) mass is 246 g/mol. The zero-order chi connectivity index (χ0) is 13.1. The number of nitrogens with one attached hydrogen (secondary N) is 1. The Morgan fingerprint density at radius 1 is 1.39 bits per heavy atom. The highest BCUT2D eigenvalue weighted by Gasteiger charge is 2.28. The molecule has 3 nitrogen and oxygen atoms in total. The molecular weight excluding hydrogens is 224 g/mol. The van der Waals surface area contributed by atoms with Gasteiger partial charge in [-0.15, -0.1) is 0 Å². The lowest BCUT2D eigenvalue weighted by atomic mass is 9.95. The van der Waals surface area contributed by atoms with E-state index < -0.39 is 0 Å². The standard InChI is InChI=1S/C15H22N2O/c1-4-17(11(2)3)15(18)14-9-12-7-5-6-8-13(12)10-16-14/h5-8,11,14,16H,4,9-10H2,1-3H3/t14-/m1/s1. The Morgan fingerprint density at radius 3 is 2.67 bits per heavy atom. The lowest BCUT2D eigenvalue weighted by Gasteiger charge is -2.32. The van der Waals surface area contributed by atoms with Crippen LogP contribution >= 0.6 is 0 Å². The van der Waals surface area contributed by atoms with Gasteiger partial charge in [-0.1, -0.05) is 24.3 Å². The number of rotatable bonds is 3. The Labute approximate surface area is 109 Å². The van der Waals surface area contributed by atoms with Crippen LogP contribution in [0.25, 0.3) is 0 Å². The summed E-state index contributed by atoms with van der Waals surface area (Å²) in [6, 6.07) is 8.55. The number of carbonyl (C=O) groups is 1. The van der Waals surface area contributed by atoms with Crippen LogP contribution in [0.2, 0.25) is 0 Å². The average molecular weight is 246 g/mol. The fourth-order valence-electron chi connectivity index (χ4n) is 2.60. The summed E-state index contributed by atoms with van der Waals surface area (Å²) < 4.78 is 0. The molecule has 0 fully saturated rings. The van der Waals surface area contributed by atoms with Crippen molar-refractivity contribution in [3.05, 3.63) is 35.4 Å². The number of hydrogen-bond donors (Lipinski definition) is 1. The fourth-order valence-corrected chi connectivity index (χ4v) is 2.60. The Morgan fingerprint density at radius 2 is 2.06 bits per heavy atom. The predicted octanol–water partition coefficient (Wildman–Crippen LogP) is 1.96. The molecule has 18 heavy (non-hydrogen) atoms. The van der Waals surface area contributed by atoms with E-state index in [4.69, 9.17) is 0 Å². The molecular formula is C15H22N2O. The third kappa shape index (κ3) is 2.56. The van der Waals surface area contributed by atoms with Crippen molar-refractivity contribution in [2.45, 2.75) is 45.8 Å². The number of benzene rings is 1. The van der Waals surface area contributed by atoms with Gasteiger partial charge in [-0.3, -0.25) is 4.79 Å². The summed E-state index contributed by atoms with van der Waals surface area (Å²) in [5.74, 6) is 0.224. The molecule has 0 bridgehead atoms. The van der Waals surface area contributed by atoms with Gasteiger partial charge >= 0.3 is 0 Å². The van der Waals surface area contributed by atoms with Gasteiger partial charge in [0.2, 0.25) is 5.91 Å². The number of carbonyl (C=O) groups excluding carboxylic acids is 1. The second-order valence-corrected chi connectivity index (χ2v) is 5.12. The Balaban J connectivity index is 2.11. The van der Waals surface area contributed by atoms with E-state index in [1.54, 1.807) is 0 Å². The molecule has 0 aliphatic carbocycles. The van der Waals surface area contributed by atoms with E-state index in [1.165, 1.54) is 11.1 Å². The molecule has 0 unspecified atom stereocenters. The van der Waals surface area contributed by atoms with Gasteiger partial charge < -0.3 is 10.2 Å². The Bertz CT molecular complexity index is 428. The lowest BCUT2D eigenvalue weighted by Crippen LogP contribution is -2.51. The summed E-state index contributed by atoms with van der Waals surface area (Å²) >= 11 is 0. The highest BCUT2D eigenvalue weighted by Crippen LogP contribution is 2.17. The number of likely N-dealkylation sites (N-methyl/N-ethyl adjacent to an activating group) is 1. The van der Waals surface area contributed by atoms with Crippen molar-refractivity contribution < 1.29 is 4.79 Å². The van der Waals surface area contributed by atoms with Gasteiger partial charge in [0.25, 0.3) is 0 Å². The second kappa shape index (κ2) is 5.53. The van der Waals surface area contributed by atoms with E-state index in [0.29, 0.717) is 0 Å². The van der Waals surface area contributed by atoms with Crippen LogP contribution in [0, 0.1) is 0 Å². The molecule has 1 aliphatic heterocycles. The molecule has 2 rings (SSSR count). The summed E-state index contributed by atoms with van der Waals surface area (Å²) in [6.07, 6.45) is 0.804. The molecule has 0 spiro atoms. The van der Waals surface area contributed by atoms with E-state index in [9.17, 15) is 4.79 Å². The van der Waals surface area contributed by atoms with E-state index in [2.05, 4.69) is 37.4 Å². The maximum atomic E-state index is 12.4. The van der Waals surface area contributed by atoms with Crippen molar-refractivity contribution in [1.29, 1.82) is 0 Å². The van der Waals surface area contributed by atoms with E-state index in [-0.39, 0.29) is 18.0 Å². The molecule has 0 saturated carbocycles. The maximum absolute atomic E-state index is 12.4. The van der Waals surface area contributed by atoms with Crippen molar-refractivity contribution in [2.24, 2.45) is 0 Å². The minimum absolute atomic E-state index is 0.0674. The second-order valence-electron chi connectivity index (χ2n) is 5.12. The van der Waals surface area contributed by atoms with Crippen LogP contribution in [0.4, 0.5) is 0 Å². The third-order valence-electron chi connectivity index (χ3n) is 3.63. The SMILES string of the molecule is CCN(C(=O)[C@H]1Cc2ccccc2CN1)C(C)C. The molecule has 0 radical (unpaired) electrons. The van der Waals surface area contributed by atoms with Crippen LogP contribution in [0.15, 0.2) is 24.3 Å². The first-order chi connectivity index (χ1) is 8.63. The number of nitrogens with zero attached hydrogens (tertiary/aromatic N) is 1. The lowest BCUT2D eigenvalue weighted by molar-refractivity contribution is -0.135. The van der Waals surface area contributed by atoms with Crippen LogP contribution in [0.1, 0.15) is 31.9 Å². The fraction of sp³-hybridized carbons (Fsp3) is 0.533. The highest BCUT2D eigenvalue weighted by molar-refractivity contribution is 5.82. The van der Waals surface area contributed by atoms with Crippen LogP contribution < -0.4 is 5.32 Å². The van der Waals surface area contributed by atoms with E-state index in [1.807, 2.05) is 17.9 Å². The van der Waals surface area contributed by atoms with Crippen LogP contribution in [-0.2, 0) is 17.8 Å². The van der Waals surface area contributed by atoms with Crippen molar-refractivity contribution in [2.75, 3.05) is 6.54 Å². The van der Waals surface area contributed by atoms with E-state index in [0.717, 1.165) is 19.5 Å². The van der Waals surface area contributed by atoms with Crippen molar-refractivity contribution in [3.63, 3.8) is 0 Å². The summed E-state index contributed by atoms with van der Waals surface area (Å²) in [5.41, 5.74) is 2.61. The smallest absolute Gasteiger partial charge is 0.240 e. The predicted molar refractivity (Wildman–Crippen MR) is 73.3 cm³/mol. The molecule has 0 saturated heterocycles. The quantitative estimate of drug-likeness (QED) is 0.884. The van der Waals surface area contributed by atoms with Gasteiger partial charge in [0.05, 0.1) is 6.04 Å². The normalized spacial score (nSPS) is 18.6. The zero-order valence-electron chi connectivity index (χ0n) is 11.4. The van der Waals surface area contributed by atoms with Gasteiger partial charge in [0.15, 0.2) is 0 Å². The maximum Gasteiger partial charge on any atom is 0.240 e. The third-order valence-corrected chi connectivity index (χ3v) is 3.63. The summed E-state index contributed by atoms with van der Waals surface area (Å²) in [5, 5.41) is 3.35. The van der Waals surface area contributed by atoms with Gasteiger partial charge in [0, 0.05) is 19.1 Å². The molecule has 0 aromatic heterocycles. The minimum Gasteiger partial charge on any atom is -0.339 e. The molecule has 1 aromatic carbocycles. The highest BCUT2D eigenvalue weighted by atomic mass is 16.2. The molecule has 98 valence electrons. The minimum atomic E-state index is -0.0674.